The minimum Gasteiger partial charge on any atom is -0.387 e. The first-order chi connectivity index (χ1) is 10.4. The average molecular weight is 347 g/mol. The number of benzene rings is 1. The highest BCUT2D eigenvalue weighted by Crippen LogP contribution is 2.18. The van der Waals surface area contributed by atoms with Crippen molar-refractivity contribution in [3.63, 3.8) is 0 Å². The predicted molar refractivity (Wildman–Crippen MR) is 84.6 cm³/mol. The summed E-state index contributed by atoms with van der Waals surface area (Å²) in [6, 6.07) is 6.36. The molecule has 6 nitrogen and oxygen atoms in total. The van der Waals surface area contributed by atoms with Gasteiger partial charge in [0.2, 0.25) is 0 Å². The Morgan fingerprint density at radius 3 is 2.82 bits per heavy atom. The van der Waals surface area contributed by atoms with Crippen LogP contribution in [0.4, 0.5) is 4.79 Å². The van der Waals surface area contributed by atoms with Crippen molar-refractivity contribution in [2.45, 2.75) is 12.5 Å². The van der Waals surface area contributed by atoms with Gasteiger partial charge in [0.25, 0.3) is 0 Å². The van der Waals surface area contributed by atoms with E-state index in [4.69, 9.17) is 11.6 Å². The molecule has 1 fully saturated rings. The van der Waals surface area contributed by atoms with Gasteiger partial charge < -0.3 is 15.7 Å². The van der Waals surface area contributed by atoms with Crippen LogP contribution in [-0.2, 0) is 9.84 Å². The maximum Gasteiger partial charge on any atom is 0.314 e. The molecule has 3 N–H and O–H groups in total. The number of carbonyl (C=O) groups excluding carboxylic acids is 1. The highest BCUT2D eigenvalue weighted by molar-refractivity contribution is 7.91. The fourth-order valence-corrected chi connectivity index (χ4v) is 4.41. The van der Waals surface area contributed by atoms with Crippen molar-refractivity contribution in [3.05, 3.63) is 34.9 Å². The van der Waals surface area contributed by atoms with Crippen molar-refractivity contribution < 1.29 is 18.3 Å². The van der Waals surface area contributed by atoms with Crippen molar-refractivity contribution in [1.82, 2.24) is 10.6 Å². The third-order valence-corrected chi connectivity index (χ3v) is 5.64. The second-order valence-electron chi connectivity index (χ2n) is 5.43. The number of halogens is 1. The molecule has 1 heterocycles. The molecule has 2 rings (SSSR count). The van der Waals surface area contributed by atoms with E-state index < -0.39 is 22.0 Å². The highest BCUT2D eigenvalue weighted by Gasteiger charge is 2.27. The van der Waals surface area contributed by atoms with E-state index in [1.54, 1.807) is 24.3 Å². The number of hydrogen-bond donors (Lipinski definition) is 3. The minimum atomic E-state index is -2.93. The van der Waals surface area contributed by atoms with Gasteiger partial charge in [0, 0.05) is 18.1 Å². The molecule has 1 aromatic rings. The Kier molecular flexibility index (Phi) is 5.66. The molecular formula is C14H19ClN2O4S. The van der Waals surface area contributed by atoms with Crippen molar-refractivity contribution in [3.8, 4) is 0 Å². The lowest BCUT2D eigenvalue weighted by molar-refractivity contribution is 0.173. The molecule has 0 unspecified atom stereocenters. The van der Waals surface area contributed by atoms with Crippen molar-refractivity contribution in [2.24, 2.45) is 5.92 Å². The maximum atomic E-state index is 11.7. The summed E-state index contributed by atoms with van der Waals surface area (Å²) in [6.45, 7) is 0.369. The van der Waals surface area contributed by atoms with Gasteiger partial charge >= 0.3 is 6.03 Å². The second kappa shape index (κ2) is 7.30. The van der Waals surface area contributed by atoms with E-state index in [0.717, 1.165) is 0 Å². The number of aliphatic hydroxyl groups excluding tert-OH is 1. The summed E-state index contributed by atoms with van der Waals surface area (Å²) in [5.41, 5.74) is 0.620. The van der Waals surface area contributed by atoms with Crippen LogP contribution in [0.2, 0.25) is 5.02 Å². The molecule has 1 aromatic carbocycles. The topological polar surface area (TPSA) is 95.5 Å². The second-order valence-corrected chi connectivity index (χ2v) is 8.10. The number of carbonyl (C=O) groups is 1. The summed E-state index contributed by atoms with van der Waals surface area (Å²) in [5, 5.41) is 15.7. The van der Waals surface area contributed by atoms with Gasteiger partial charge in [-0.05, 0) is 30.0 Å². The molecule has 0 spiro atoms. The van der Waals surface area contributed by atoms with E-state index in [-0.39, 0.29) is 24.0 Å². The lowest BCUT2D eigenvalue weighted by Crippen LogP contribution is -2.40. The zero-order valence-electron chi connectivity index (χ0n) is 12.0. The molecule has 0 aromatic heterocycles. The van der Waals surface area contributed by atoms with Gasteiger partial charge in [-0.1, -0.05) is 23.7 Å². The third kappa shape index (κ3) is 5.15. The molecule has 1 saturated heterocycles. The Balaban J connectivity index is 1.71. The Morgan fingerprint density at radius 1 is 1.41 bits per heavy atom. The quantitative estimate of drug-likeness (QED) is 0.744. The van der Waals surface area contributed by atoms with E-state index >= 15 is 0 Å². The largest absolute Gasteiger partial charge is 0.387 e. The maximum absolute atomic E-state index is 11.7. The fraction of sp³-hybridized carbons (Fsp3) is 0.500. The van der Waals surface area contributed by atoms with Crippen LogP contribution in [0.5, 0.6) is 0 Å². The van der Waals surface area contributed by atoms with Crippen molar-refractivity contribution >= 4 is 27.5 Å². The van der Waals surface area contributed by atoms with E-state index in [0.29, 0.717) is 23.6 Å². The monoisotopic (exact) mass is 346 g/mol. The average Bonchev–Trinajstić information content (AvgIpc) is 2.82. The number of aliphatic hydroxyl groups is 1. The normalized spacial score (nSPS) is 21.3. The van der Waals surface area contributed by atoms with Crippen LogP contribution < -0.4 is 10.6 Å². The van der Waals surface area contributed by atoms with E-state index in [2.05, 4.69) is 10.6 Å². The van der Waals surface area contributed by atoms with Gasteiger partial charge in [0.1, 0.15) is 0 Å². The first-order valence-corrected chi connectivity index (χ1v) is 9.21. The summed E-state index contributed by atoms with van der Waals surface area (Å²) < 4.78 is 22.6. The minimum absolute atomic E-state index is 0.0337. The number of nitrogens with one attached hydrogen (secondary N) is 2. The number of urea groups is 1. The standard InChI is InChI=1S/C14H19ClN2O4S/c15-12-3-1-2-11(6-12)13(18)8-17-14(19)16-7-10-4-5-22(20,21)9-10/h1-3,6,10,13,18H,4-5,7-9H2,(H2,16,17,19)/t10-,13+/m0/s1. The van der Waals surface area contributed by atoms with Crippen LogP contribution in [0.15, 0.2) is 24.3 Å². The Bertz CT molecular complexity index is 635. The molecule has 8 heteroatoms. The van der Waals surface area contributed by atoms with Gasteiger partial charge in [0.15, 0.2) is 9.84 Å². The summed E-state index contributed by atoms with van der Waals surface area (Å²) in [7, 11) is -2.93. The molecule has 2 amide bonds. The zero-order valence-corrected chi connectivity index (χ0v) is 13.5. The van der Waals surface area contributed by atoms with Crippen LogP contribution in [0.25, 0.3) is 0 Å². The number of rotatable bonds is 5. The molecule has 0 aliphatic carbocycles. The molecule has 1 aliphatic heterocycles. The SMILES string of the molecule is O=C(NC[C@@H]1CCS(=O)(=O)C1)NC[C@@H](O)c1cccc(Cl)c1. The lowest BCUT2D eigenvalue weighted by atomic mass is 10.1. The van der Waals surface area contributed by atoms with Gasteiger partial charge in [-0.2, -0.15) is 0 Å². The Labute approximate surface area is 134 Å². The van der Waals surface area contributed by atoms with Crippen molar-refractivity contribution in [2.75, 3.05) is 24.6 Å². The summed E-state index contributed by atoms with van der Waals surface area (Å²) in [6.07, 6.45) is -0.274. The molecule has 22 heavy (non-hydrogen) atoms. The van der Waals surface area contributed by atoms with Crippen LogP contribution in [-0.4, -0.2) is 44.2 Å². The first kappa shape index (κ1) is 17.1. The predicted octanol–water partition coefficient (Wildman–Crippen LogP) is 1.11. The first-order valence-electron chi connectivity index (χ1n) is 7.01. The molecule has 122 valence electrons. The van der Waals surface area contributed by atoms with E-state index in [1.165, 1.54) is 0 Å². The molecular weight excluding hydrogens is 328 g/mol. The van der Waals surface area contributed by atoms with Gasteiger partial charge in [0.05, 0.1) is 17.6 Å². The number of hydrogen-bond acceptors (Lipinski definition) is 4. The van der Waals surface area contributed by atoms with E-state index in [1.807, 2.05) is 0 Å². The lowest BCUT2D eigenvalue weighted by Gasteiger charge is -2.14. The van der Waals surface area contributed by atoms with Gasteiger partial charge in [-0.3, -0.25) is 0 Å². The van der Waals surface area contributed by atoms with E-state index in [9.17, 15) is 18.3 Å². The van der Waals surface area contributed by atoms with Crippen LogP contribution in [0, 0.1) is 5.92 Å². The van der Waals surface area contributed by atoms with Crippen LogP contribution >= 0.6 is 11.6 Å². The third-order valence-electron chi connectivity index (χ3n) is 3.57. The summed E-state index contributed by atoms with van der Waals surface area (Å²) in [5.74, 6) is 0.279. The molecule has 0 bridgehead atoms. The highest BCUT2D eigenvalue weighted by atomic mass is 35.5. The molecule has 0 radical (unpaired) electrons. The van der Waals surface area contributed by atoms with Gasteiger partial charge in [-0.25, -0.2) is 13.2 Å². The summed E-state index contributed by atoms with van der Waals surface area (Å²) in [4.78, 5) is 11.7. The Hall–Kier alpha value is -1.31. The van der Waals surface area contributed by atoms with Crippen LogP contribution in [0.3, 0.4) is 0 Å². The molecule has 2 atom stereocenters. The number of sulfone groups is 1. The fourth-order valence-electron chi connectivity index (χ4n) is 2.35. The summed E-state index contributed by atoms with van der Waals surface area (Å²) >= 11 is 5.84. The molecule has 1 aliphatic rings. The Morgan fingerprint density at radius 2 is 2.18 bits per heavy atom. The van der Waals surface area contributed by atoms with Gasteiger partial charge in [-0.15, -0.1) is 0 Å². The number of amides is 2. The van der Waals surface area contributed by atoms with Crippen molar-refractivity contribution in [1.29, 1.82) is 0 Å². The van der Waals surface area contributed by atoms with Crippen LogP contribution in [0.1, 0.15) is 18.1 Å². The zero-order chi connectivity index (χ0) is 16.2. The smallest absolute Gasteiger partial charge is 0.314 e. The molecule has 0 saturated carbocycles.